The average molecular weight is 263 g/mol. The molecule has 0 aromatic carbocycles. The number of aliphatic hydroxyl groups excluding tert-OH is 1. The zero-order valence-corrected chi connectivity index (χ0v) is 10.6. The lowest BCUT2D eigenvalue weighted by Crippen LogP contribution is -2.10. The quantitative estimate of drug-likeness (QED) is 0.855. The Hall–Kier alpha value is 0.140. The van der Waals surface area contributed by atoms with Crippen molar-refractivity contribution in [3.63, 3.8) is 0 Å². The third-order valence-corrected chi connectivity index (χ3v) is 3.73. The molecule has 1 N–H and O–H groups in total. The van der Waals surface area contributed by atoms with Crippen LogP contribution in [0.2, 0.25) is 0 Å². The molecule has 0 fully saturated rings. The first-order chi connectivity index (χ1) is 5.90. The molecule has 0 radical (unpaired) electrons. The lowest BCUT2D eigenvalue weighted by atomic mass is 9.89. The van der Waals surface area contributed by atoms with Gasteiger partial charge in [0.1, 0.15) is 0 Å². The summed E-state index contributed by atoms with van der Waals surface area (Å²) in [6, 6.07) is 1.98. The van der Waals surface area contributed by atoms with E-state index in [0.29, 0.717) is 0 Å². The summed E-state index contributed by atoms with van der Waals surface area (Å²) in [5.74, 6) is 0. The van der Waals surface area contributed by atoms with Crippen molar-refractivity contribution in [1.29, 1.82) is 0 Å². The summed E-state index contributed by atoms with van der Waals surface area (Å²) in [5, 5.41) is 11.9. The molecule has 0 amide bonds. The first kappa shape index (κ1) is 11.2. The van der Waals surface area contributed by atoms with E-state index in [0.717, 1.165) is 15.8 Å². The Balaban J connectivity index is 2.69. The monoisotopic (exact) mass is 262 g/mol. The molecule has 0 aliphatic carbocycles. The fraction of sp³-hybridized carbons (Fsp3) is 0.600. The zero-order valence-electron chi connectivity index (χ0n) is 8.17. The van der Waals surface area contributed by atoms with Crippen LogP contribution >= 0.6 is 27.3 Å². The molecule has 0 aliphatic heterocycles. The Morgan fingerprint density at radius 2 is 2.15 bits per heavy atom. The molecule has 13 heavy (non-hydrogen) atoms. The van der Waals surface area contributed by atoms with E-state index in [1.807, 2.05) is 11.4 Å². The summed E-state index contributed by atoms with van der Waals surface area (Å²) in [7, 11) is 0. The summed E-state index contributed by atoms with van der Waals surface area (Å²) in [4.78, 5) is 1.04. The average Bonchev–Trinajstić information content (AvgIpc) is 2.30. The van der Waals surface area contributed by atoms with Gasteiger partial charge in [-0.2, -0.15) is 0 Å². The number of aliphatic hydroxyl groups is 1. The third kappa shape index (κ3) is 3.41. The zero-order chi connectivity index (χ0) is 10.1. The number of hydrogen-bond acceptors (Lipinski definition) is 2. The number of rotatable bonds is 2. The van der Waals surface area contributed by atoms with Gasteiger partial charge in [0.25, 0.3) is 0 Å². The number of thiophene rings is 1. The van der Waals surface area contributed by atoms with Gasteiger partial charge in [-0.25, -0.2) is 0 Å². The van der Waals surface area contributed by atoms with Crippen molar-refractivity contribution >= 4 is 27.3 Å². The summed E-state index contributed by atoms with van der Waals surface area (Å²) in [6.45, 7) is 6.41. The van der Waals surface area contributed by atoms with E-state index in [1.165, 1.54) is 0 Å². The van der Waals surface area contributed by atoms with E-state index in [4.69, 9.17) is 0 Å². The largest absolute Gasteiger partial charge is 0.388 e. The van der Waals surface area contributed by atoms with E-state index < -0.39 is 0 Å². The second-order valence-corrected chi connectivity index (χ2v) is 6.22. The Morgan fingerprint density at radius 3 is 2.54 bits per heavy atom. The lowest BCUT2D eigenvalue weighted by Gasteiger charge is -2.21. The van der Waals surface area contributed by atoms with Crippen molar-refractivity contribution in [2.24, 2.45) is 5.41 Å². The molecule has 3 heteroatoms. The molecule has 1 unspecified atom stereocenters. The fourth-order valence-corrected chi connectivity index (χ4v) is 2.84. The Labute approximate surface area is 91.9 Å². The molecular formula is C10H15BrOS. The summed E-state index contributed by atoms with van der Waals surface area (Å²) in [5.41, 5.74) is 0.169. The highest BCUT2D eigenvalue weighted by molar-refractivity contribution is 9.10. The summed E-state index contributed by atoms with van der Waals surface area (Å²) >= 11 is 5.03. The lowest BCUT2D eigenvalue weighted by molar-refractivity contribution is 0.125. The van der Waals surface area contributed by atoms with E-state index in [1.54, 1.807) is 11.3 Å². The third-order valence-electron chi connectivity index (χ3n) is 1.75. The van der Waals surface area contributed by atoms with Crippen LogP contribution in [0, 0.1) is 5.41 Å². The highest BCUT2D eigenvalue weighted by atomic mass is 79.9. The maximum absolute atomic E-state index is 9.91. The fourth-order valence-electron chi connectivity index (χ4n) is 1.22. The van der Waals surface area contributed by atoms with Crippen molar-refractivity contribution in [3.05, 3.63) is 20.8 Å². The SMILES string of the molecule is CC(C)(C)CC(O)c1sccc1Br. The molecule has 0 saturated carbocycles. The van der Waals surface area contributed by atoms with E-state index in [9.17, 15) is 5.11 Å². The molecule has 0 aliphatic rings. The van der Waals surface area contributed by atoms with Gasteiger partial charge < -0.3 is 5.11 Å². The van der Waals surface area contributed by atoms with Gasteiger partial charge in [0.05, 0.1) is 6.10 Å². The van der Waals surface area contributed by atoms with Crippen LogP contribution in [0.15, 0.2) is 15.9 Å². The van der Waals surface area contributed by atoms with Crippen molar-refractivity contribution in [2.75, 3.05) is 0 Å². The van der Waals surface area contributed by atoms with Crippen molar-refractivity contribution in [1.82, 2.24) is 0 Å². The maximum Gasteiger partial charge on any atom is 0.0898 e. The Kier molecular flexibility index (Phi) is 3.55. The minimum absolute atomic E-state index is 0.169. The van der Waals surface area contributed by atoms with Crippen LogP contribution in [-0.4, -0.2) is 5.11 Å². The predicted octanol–water partition coefficient (Wildman–Crippen LogP) is 3.98. The van der Waals surface area contributed by atoms with Crippen LogP contribution in [0.1, 0.15) is 38.2 Å². The predicted molar refractivity (Wildman–Crippen MR) is 61.1 cm³/mol. The second-order valence-electron chi connectivity index (χ2n) is 4.41. The molecule has 0 bridgehead atoms. The molecule has 1 atom stereocenters. The minimum Gasteiger partial charge on any atom is -0.388 e. The smallest absolute Gasteiger partial charge is 0.0898 e. The van der Waals surface area contributed by atoms with Crippen LogP contribution in [0.25, 0.3) is 0 Å². The standard InChI is InChI=1S/C10H15BrOS/c1-10(2,3)6-8(12)9-7(11)4-5-13-9/h4-5,8,12H,6H2,1-3H3. The van der Waals surface area contributed by atoms with E-state index >= 15 is 0 Å². The van der Waals surface area contributed by atoms with Gasteiger partial charge in [-0.1, -0.05) is 20.8 Å². The molecule has 0 saturated heterocycles. The topological polar surface area (TPSA) is 20.2 Å². The van der Waals surface area contributed by atoms with Crippen LogP contribution in [0.4, 0.5) is 0 Å². The molecule has 0 spiro atoms. The number of halogens is 1. The number of hydrogen-bond donors (Lipinski definition) is 1. The maximum atomic E-state index is 9.91. The van der Waals surface area contributed by atoms with E-state index in [2.05, 4.69) is 36.7 Å². The second kappa shape index (κ2) is 4.11. The van der Waals surface area contributed by atoms with Gasteiger partial charge >= 0.3 is 0 Å². The first-order valence-electron chi connectivity index (χ1n) is 4.31. The van der Waals surface area contributed by atoms with Crippen LogP contribution in [-0.2, 0) is 0 Å². The normalized spacial score (nSPS) is 14.5. The van der Waals surface area contributed by atoms with Gasteiger partial charge in [0.2, 0.25) is 0 Å². The van der Waals surface area contributed by atoms with Crippen LogP contribution < -0.4 is 0 Å². The van der Waals surface area contributed by atoms with Gasteiger partial charge in [-0.3, -0.25) is 0 Å². The van der Waals surface area contributed by atoms with Gasteiger partial charge in [-0.05, 0) is 39.2 Å². The minimum atomic E-state index is -0.339. The van der Waals surface area contributed by atoms with Crippen molar-refractivity contribution < 1.29 is 5.11 Å². The molecule has 1 heterocycles. The molecular weight excluding hydrogens is 248 g/mol. The van der Waals surface area contributed by atoms with Gasteiger partial charge in [0.15, 0.2) is 0 Å². The van der Waals surface area contributed by atoms with Gasteiger partial charge in [-0.15, -0.1) is 11.3 Å². The molecule has 1 aromatic rings. The highest BCUT2D eigenvalue weighted by Crippen LogP contribution is 2.35. The molecule has 1 aromatic heterocycles. The summed E-state index contributed by atoms with van der Waals surface area (Å²) < 4.78 is 1.02. The Bertz CT molecular complexity index is 275. The van der Waals surface area contributed by atoms with E-state index in [-0.39, 0.29) is 11.5 Å². The first-order valence-corrected chi connectivity index (χ1v) is 5.98. The highest BCUT2D eigenvalue weighted by Gasteiger charge is 2.20. The van der Waals surface area contributed by atoms with Crippen molar-refractivity contribution in [2.45, 2.75) is 33.3 Å². The molecule has 1 nitrogen and oxygen atoms in total. The molecule has 1 rings (SSSR count). The summed E-state index contributed by atoms with van der Waals surface area (Å²) in [6.07, 6.45) is 0.459. The van der Waals surface area contributed by atoms with Crippen LogP contribution in [0.5, 0.6) is 0 Å². The Morgan fingerprint density at radius 1 is 1.54 bits per heavy atom. The van der Waals surface area contributed by atoms with Crippen molar-refractivity contribution in [3.8, 4) is 0 Å². The van der Waals surface area contributed by atoms with Crippen LogP contribution in [0.3, 0.4) is 0 Å². The van der Waals surface area contributed by atoms with Gasteiger partial charge in [0, 0.05) is 9.35 Å². The molecule has 74 valence electrons.